The summed E-state index contributed by atoms with van der Waals surface area (Å²) in [5, 5.41) is 14.7. The first-order chi connectivity index (χ1) is 9.53. The molecule has 0 saturated heterocycles. The van der Waals surface area contributed by atoms with Gasteiger partial charge in [0.15, 0.2) is 0 Å². The molecule has 0 bridgehead atoms. The van der Waals surface area contributed by atoms with Crippen LogP contribution in [-0.2, 0) is 13.5 Å². The van der Waals surface area contributed by atoms with Crippen molar-refractivity contribution in [3.05, 3.63) is 41.2 Å². The predicted octanol–water partition coefficient (Wildman–Crippen LogP) is 2.02. The van der Waals surface area contributed by atoms with Crippen LogP contribution in [-0.4, -0.2) is 29.1 Å². The van der Waals surface area contributed by atoms with Crippen molar-refractivity contribution < 1.29 is 14.6 Å². The molecule has 1 aromatic heterocycles. The first kappa shape index (κ1) is 14.4. The third kappa shape index (κ3) is 3.11. The summed E-state index contributed by atoms with van der Waals surface area (Å²) < 4.78 is 12.2. The SMILES string of the molecule is COc1cc(OC)cc(C(O)Cc2cc(C)nn2C)c1. The highest BCUT2D eigenvalue weighted by atomic mass is 16.5. The van der Waals surface area contributed by atoms with E-state index in [0.29, 0.717) is 17.9 Å². The molecule has 5 heteroatoms. The molecule has 0 amide bonds. The Morgan fingerprint density at radius 2 is 1.75 bits per heavy atom. The van der Waals surface area contributed by atoms with Crippen molar-refractivity contribution in [1.29, 1.82) is 0 Å². The average Bonchev–Trinajstić information content (AvgIpc) is 2.76. The Labute approximate surface area is 118 Å². The number of aliphatic hydroxyl groups is 1. The maximum Gasteiger partial charge on any atom is 0.122 e. The molecule has 1 heterocycles. The molecule has 0 radical (unpaired) electrons. The number of aromatic nitrogens is 2. The molecule has 0 aliphatic rings. The minimum Gasteiger partial charge on any atom is -0.497 e. The van der Waals surface area contributed by atoms with E-state index in [9.17, 15) is 5.11 Å². The van der Waals surface area contributed by atoms with Crippen LogP contribution in [0.25, 0.3) is 0 Å². The molecule has 1 atom stereocenters. The Bertz CT molecular complexity index is 571. The maximum absolute atomic E-state index is 10.4. The van der Waals surface area contributed by atoms with Crippen LogP contribution in [0, 0.1) is 6.92 Å². The minimum absolute atomic E-state index is 0.494. The van der Waals surface area contributed by atoms with Gasteiger partial charge in [-0.15, -0.1) is 0 Å². The molecular formula is C15H20N2O3. The number of aryl methyl sites for hydroxylation is 2. The zero-order valence-electron chi connectivity index (χ0n) is 12.3. The van der Waals surface area contributed by atoms with Crippen LogP contribution in [0.3, 0.4) is 0 Å². The lowest BCUT2D eigenvalue weighted by molar-refractivity contribution is 0.175. The van der Waals surface area contributed by atoms with Crippen molar-refractivity contribution in [2.45, 2.75) is 19.4 Å². The Balaban J connectivity index is 2.24. The lowest BCUT2D eigenvalue weighted by Crippen LogP contribution is -2.07. The zero-order chi connectivity index (χ0) is 14.7. The molecule has 0 saturated carbocycles. The maximum atomic E-state index is 10.4. The number of aliphatic hydroxyl groups excluding tert-OH is 1. The van der Waals surface area contributed by atoms with Gasteiger partial charge in [-0.2, -0.15) is 5.10 Å². The van der Waals surface area contributed by atoms with Gasteiger partial charge in [0.05, 0.1) is 26.0 Å². The molecule has 1 unspecified atom stereocenters. The summed E-state index contributed by atoms with van der Waals surface area (Å²) in [6, 6.07) is 7.39. The molecule has 0 aliphatic heterocycles. The lowest BCUT2D eigenvalue weighted by Gasteiger charge is -2.14. The van der Waals surface area contributed by atoms with Gasteiger partial charge in [0.1, 0.15) is 11.5 Å². The Morgan fingerprint density at radius 1 is 1.15 bits per heavy atom. The van der Waals surface area contributed by atoms with E-state index in [1.807, 2.05) is 32.2 Å². The highest BCUT2D eigenvalue weighted by Gasteiger charge is 2.14. The third-order valence-corrected chi connectivity index (χ3v) is 3.26. The van der Waals surface area contributed by atoms with Gasteiger partial charge in [0, 0.05) is 25.2 Å². The summed E-state index contributed by atoms with van der Waals surface area (Å²) >= 11 is 0. The number of methoxy groups -OCH3 is 2. The number of ether oxygens (including phenoxy) is 2. The Kier molecular flexibility index (Phi) is 4.29. The molecule has 5 nitrogen and oxygen atoms in total. The van der Waals surface area contributed by atoms with Crippen molar-refractivity contribution >= 4 is 0 Å². The first-order valence-corrected chi connectivity index (χ1v) is 6.44. The van der Waals surface area contributed by atoms with Crippen LogP contribution in [0.2, 0.25) is 0 Å². The van der Waals surface area contributed by atoms with Gasteiger partial charge in [-0.25, -0.2) is 0 Å². The van der Waals surface area contributed by atoms with E-state index >= 15 is 0 Å². The molecule has 0 spiro atoms. The Hall–Kier alpha value is -2.01. The van der Waals surface area contributed by atoms with Gasteiger partial charge >= 0.3 is 0 Å². The van der Waals surface area contributed by atoms with Gasteiger partial charge < -0.3 is 14.6 Å². The molecule has 108 valence electrons. The number of nitrogens with zero attached hydrogens (tertiary/aromatic N) is 2. The largest absolute Gasteiger partial charge is 0.497 e. The molecule has 0 aliphatic carbocycles. The van der Waals surface area contributed by atoms with Crippen LogP contribution < -0.4 is 9.47 Å². The summed E-state index contributed by atoms with van der Waals surface area (Å²) in [7, 11) is 5.06. The van der Waals surface area contributed by atoms with Crippen LogP contribution >= 0.6 is 0 Å². The quantitative estimate of drug-likeness (QED) is 0.907. The molecule has 1 aromatic carbocycles. The summed E-state index contributed by atoms with van der Waals surface area (Å²) in [6.45, 7) is 1.93. The highest BCUT2D eigenvalue weighted by molar-refractivity contribution is 5.39. The van der Waals surface area contributed by atoms with E-state index in [2.05, 4.69) is 5.10 Å². The molecule has 1 N–H and O–H groups in total. The second-order valence-corrected chi connectivity index (χ2v) is 4.77. The summed E-state index contributed by atoms with van der Waals surface area (Å²) in [4.78, 5) is 0. The topological polar surface area (TPSA) is 56.5 Å². The molecular weight excluding hydrogens is 256 g/mol. The molecule has 0 fully saturated rings. The van der Waals surface area contributed by atoms with Crippen molar-refractivity contribution in [3.63, 3.8) is 0 Å². The number of benzene rings is 1. The second kappa shape index (κ2) is 5.96. The van der Waals surface area contributed by atoms with Gasteiger partial charge in [0.25, 0.3) is 0 Å². The van der Waals surface area contributed by atoms with E-state index in [4.69, 9.17) is 9.47 Å². The third-order valence-electron chi connectivity index (χ3n) is 3.26. The summed E-state index contributed by atoms with van der Waals surface area (Å²) in [5.41, 5.74) is 2.69. The fourth-order valence-corrected chi connectivity index (χ4v) is 2.19. The zero-order valence-corrected chi connectivity index (χ0v) is 12.3. The average molecular weight is 276 g/mol. The smallest absolute Gasteiger partial charge is 0.122 e. The number of hydrogen-bond donors (Lipinski definition) is 1. The first-order valence-electron chi connectivity index (χ1n) is 6.44. The Morgan fingerprint density at radius 3 is 2.20 bits per heavy atom. The van der Waals surface area contributed by atoms with Gasteiger partial charge in [0.2, 0.25) is 0 Å². The second-order valence-electron chi connectivity index (χ2n) is 4.77. The highest BCUT2D eigenvalue weighted by Crippen LogP contribution is 2.28. The molecule has 2 aromatic rings. The number of rotatable bonds is 5. The monoisotopic (exact) mass is 276 g/mol. The summed E-state index contributed by atoms with van der Waals surface area (Å²) in [5.74, 6) is 1.33. The van der Waals surface area contributed by atoms with E-state index in [1.165, 1.54) is 0 Å². The van der Waals surface area contributed by atoms with Crippen LogP contribution in [0.4, 0.5) is 0 Å². The fourth-order valence-electron chi connectivity index (χ4n) is 2.19. The van der Waals surface area contributed by atoms with Crippen LogP contribution in [0.1, 0.15) is 23.1 Å². The van der Waals surface area contributed by atoms with Crippen molar-refractivity contribution in [1.82, 2.24) is 9.78 Å². The fraction of sp³-hybridized carbons (Fsp3) is 0.400. The van der Waals surface area contributed by atoms with Crippen molar-refractivity contribution in [2.75, 3.05) is 14.2 Å². The van der Waals surface area contributed by atoms with Crippen LogP contribution in [0.5, 0.6) is 11.5 Å². The lowest BCUT2D eigenvalue weighted by atomic mass is 10.0. The van der Waals surface area contributed by atoms with E-state index < -0.39 is 6.10 Å². The van der Waals surface area contributed by atoms with Gasteiger partial charge in [-0.05, 0) is 30.7 Å². The molecule has 20 heavy (non-hydrogen) atoms. The predicted molar refractivity (Wildman–Crippen MR) is 76.2 cm³/mol. The van der Waals surface area contributed by atoms with E-state index in [0.717, 1.165) is 17.0 Å². The van der Waals surface area contributed by atoms with Gasteiger partial charge in [-0.3, -0.25) is 4.68 Å². The van der Waals surface area contributed by atoms with E-state index in [1.54, 1.807) is 25.0 Å². The normalized spacial score (nSPS) is 12.2. The van der Waals surface area contributed by atoms with Crippen LogP contribution in [0.15, 0.2) is 24.3 Å². The number of hydrogen-bond acceptors (Lipinski definition) is 4. The molecule has 2 rings (SSSR count). The van der Waals surface area contributed by atoms with Gasteiger partial charge in [-0.1, -0.05) is 0 Å². The van der Waals surface area contributed by atoms with Crippen molar-refractivity contribution in [3.8, 4) is 11.5 Å². The standard InChI is InChI=1S/C15H20N2O3/c1-10-5-12(17(2)16-10)8-15(18)11-6-13(19-3)9-14(7-11)20-4/h5-7,9,15,18H,8H2,1-4H3. The van der Waals surface area contributed by atoms with E-state index in [-0.39, 0.29) is 0 Å². The summed E-state index contributed by atoms with van der Waals surface area (Å²) in [6.07, 6.45) is -0.137. The minimum atomic E-state index is -0.631. The van der Waals surface area contributed by atoms with Crippen molar-refractivity contribution in [2.24, 2.45) is 7.05 Å².